The number of hydrogen-bond donors (Lipinski definition) is 1. The van der Waals surface area contributed by atoms with Gasteiger partial charge in [0.15, 0.2) is 11.5 Å². The lowest BCUT2D eigenvalue weighted by Crippen LogP contribution is -2.41. The molecule has 0 atom stereocenters. The molecule has 0 aliphatic carbocycles. The number of sulfonamides is 1. The quantitative estimate of drug-likeness (QED) is 0.485. The Hall–Kier alpha value is -2.78. The number of aryl methyl sites for hydroxylation is 2. The maximum absolute atomic E-state index is 13.6. The average molecular weight is 465 g/mol. The van der Waals surface area contributed by atoms with E-state index in [4.69, 9.17) is 14.2 Å². The lowest BCUT2D eigenvalue weighted by atomic mass is 10.1. The molecule has 9 heteroatoms. The van der Waals surface area contributed by atoms with Gasteiger partial charge in [-0.15, -0.1) is 0 Å². The zero-order valence-corrected chi connectivity index (χ0v) is 20.1. The van der Waals surface area contributed by atoms with E-state index in [2.05, 4.69) is 5.32 Å². The number of anilines is 1. The molecule has 32 heavy (non-hydrogen) atoms. The summed E-state index contributed by atoms with van der Waals surface area (Å²) in [7, 11) is -1.16. The first-order valence-electron chi connectivity index (χ1n) is 10.4. The zero-order chi connectivity index (χ0) is 23.7. The highest BCUT2D eigenvalue weighted by atomic mass is 32.2. The van der Waals surface area contributed by atoms with Gasteiger partial charge in [0.1, 0.15) is 6.54 Å². The van der Waals surface area contributed by atoms with Crippen molar-refractivity contribution in [2.75, 3.05) is 44.8 Å². The van der Waals surface area contributed by atoms with Gasteiger partial charge in [-0.3, -0.25) is 9.10 Å². The first-order chi connectivity index (χ1) is 15.2. The molecule has 0 fully saturated rings. The highest BCUT2D eigenvalue weighted by Gasteiger charge is 2.28. The van der Waals surface area contributed by atoms with Gasteiger partial charge in [-0.2, -0.15) is 0 Å². The van der Waals surface area contributed by atoms with Crippen molar-refractivity contribution in [3.63, 3.8) is 0 Å². The van der Waals surface area contributed by atoms with Gasteiger partial charge in [0, 0.05) is 25.8 Å². The van der Waals surface area contributed by atoms with Crippen molar-refractivity contribution in [3.05, 3.63) is 47.5 Å². The molecule has 0 aromatic heterocycles. The fourth-order valence-electron chi connectivity index (χ4n) is 3.25. The Kier molecular flexibility index (Phi) is 9.34. The van der Waals surface area contributed by atoms with Crippen LogP contribution in [0.1, 0.15) is 24.5 Å². The van der Waals surface area contributed by atoms with Crippen LogP contribution in [0.5, 0.6) is 11.5 Å². The third-order valence-electron chi connectivity index (χ3n) is 4.72. The Bertz CT molecular complexity index is 1000. The minimum atomic E-state index is -4.07. The number of methoxy groups -OCH3 is 2. The molecule has 1 N–H and O–H groups in total. The van der Waals surface area contributed by atoms with Crippen molar-refractivity contribution in [2.45, 2.75) is 32.1 Å². The van der Waals surface area contributed by atoms with Crippen LogP contribution in [0.2, 0.25) is 0 Å². The third kappa shape index (κ3) is 6.61. The second-order valence-corrected chi connectivity index (χ2v) is 9.14. The summed E-state index contributed by atoms with van der Waals surface area (Å²) in [4.78, 5) is 12.6. The van der Waals surface area contributed by atoms with E-state index in [9.17, 15) is 13.2 Å². The number of benzene rings is 2. The summed E-state index contributed by atoms with van der Waals surface area (Å²) in [6, 6.07) is 9.79. The monoisotopic (exact) mass is 464 g/mol. The van der Waals surface area contributed by atoms with E-state index in [1.165, 1.54) is 32.4 Å². The van der Waals surface area contributed by atoms with Crippen LogP contribution in [-0.2, 0) is 19.6 Å². The summed E-state index contributed by atoms with van der Waals surface area (Å²) >= 11 is 0. The van der Waals surface area contributed by atoms with E-state index >= 15 is 0 Å². The lowest BCUT2D eigenvalue weighted by molar-refractivity contribution is -0.119. The second-order valence-electron chi connectivity index (χ2n) is 7.27. The van der Waals surface area contributed by atoms with Crippen LogP contribution in [-0.4, -0.2) is 54.8 Å². The largest absolute Gasteiger partial charge is 0.493 e. The Morgan fingerprint density at radius 3 is 2.25 bits per heavy atom. The van der Waals surface area contributed by atoms with Crippen molar-refractivity contribution >= 4 is 21.6 Å². The number of ether oxygens (including phenoxy) is 3. The van der Waals surface area contributed by atoms with Crippen LogP contribution >= 0.6 is 0 Å². The Morgan fingerprint density at radius 1 is 1.00 bits per heavy atom. The van der Waals surface area contributed by atoms with Crippen LogP contribution in [0.4, 0.5) is 5.69 Å². The molecule has 0 saturated heterocycles. The molecule has 0 bridgehead atoms. The molecule has 2 aromatic rings. The zero-order valence-electron chi connectivity index (χ0n) is 19.3. The number of rotatable bonds is 12. The van der Waals surface area contributed by atoms with Crippen LogP contribution in [0.15, 0.2) is 41.3 Å². The summed E-state index contributed by atoms with van der Waals surface area (Å²) in [5.41, 5.74) is 2.20. The Balaban J connectivity index is 2.38. The van der Waals surface area contributed by atoms with Crippen molar-refractivity contribution < 1.29 is 27.4 Å². The van der Waals surface area contributed by atoms with Gasteiger partial charge in [-0.1, -0.05) is 6.07 Å². The number of hydrogen-bond acceptors (Lipinski definition) is 6. The Morgan fingerprint density at radius 2 is 1.66 bits per heavy atom. The van der Waals surface area contributed by atoms with Crippen molar-refractivity contribution in [2.24, 2.45) is 0 Å². The maximum atomic E-state index is 13.6. The van der Waals surface area contributed by atoms with Gasteiger partial charge in [-0.25, -0.2) is 8.42 Å². The molecule has 0 unspecified atom stereocenters. The fourth-order valence-corrected chi connectivity index (χ4v) is 4.67. The maximum Gasteiger partial charge on any atom is 0.264 e. The van der Waals surface area contributed by atoms with Crippen LogP contribution in [0.25, 0.3) is 0 Å². The van der Waals surface area contributed by atoms with Crippen molar-refractivity contribution in [1.29, 1.82) is 0 Å². The average Bonchev–Trinajstić information content (AvgIpc) is 2.75. The van der Waals surface area contributed by atoms with Gasteiger partial charge < -0.3 is 19.5 Å². The van der Waals surface area contributed by atoms with Crippen molar-refractivity contribution in [1.82, 2.24) is 5.32 Å². The minimum Gasteiger partial charge on any atom is -0.493 e. The number of carbonyl (C=O) groups is 1. The molecule has 176 valence electrons. The molecule has 0 saturated carbocycles. The number of carbonyl (C=O) groups excluding carboxylic acids is 1. The summed E-state index contributed by atoms with van der Waals surface area (Å²) in [6.07, 6.45) is 0.644. The number of nitrogens with one attached hydrogen (secondary N) is 1. The molecule has 2 aromatic carbocycles. The molecule has 2 rings (SSSR count). The fraction of sp³-hybridized carbons (Fsp3) is 0.435. The SMILES string of the molecule is CCOCCCNC(=O)CN(c1cc(C)cc(C)c1)S(=O)(=O)c1ccc(OC)c(OC)c1. The first kappa shape index (κ1) is 25.5. The van der Waals surface area contributed by atoms with Gasteiger partial charge in [-0.05, 0) is 62.6 Å². The smallest absolute Gasteiger partial charge is 0.264 e. The topological polar surface area (TPSA) is 94.2 Å². The van der Waals surface area contributed by atoms with Crippen LogP contribution < -0.4 is 19.1 Å². The standard InChI is InChI=1S/C23H32N2O6S/c1-6-31-11-7-10-24-23(26)16-25(19-13-17(2)12-18(3)14-19)32(27,28)20-8-9-21(29-4)22(15-20)30-5/h8-9,12-15H,6-7,10-11,16H2,1-5H3,(H,24,26). The molecular formula is C23H32N2O6S. The van der Waals surface area contributed by atoms with Crippen molar-refractivity contribution in [3.8, 4) is 11.5 Å². The van der Waals surface area contributed by atoms with Crippen LogP contribution in [0, 0.1) is 13.8 Å². The molecule has 0 radical (unpaired) electrons. The predicted molar refractivity (Wildman–Crippen MR) is 124 cm³/mol. The number of nitrogens with zero attached hydrogens (tertiary/aromatic N) is 1. The van der Waals surface area contributed by atoms with E-state index in [1.807, 2.05) is 26.8 Å². The normalized spacial score (nSPS) is 11.2. The Labute approximate surface area is 190 Å². The van der Waals surface area contributed by atoms with Gasteiger partial charge in [0.05, 0.1) is 24.8 Å². The second kappa shape index (κ2) is 11.7. The lowest BCUT2D eigenvalue weighted by Gasteiger charge is -2.25. The first-order valence-corrected chi connectivity index (χ1v) is 11.8. The molecular weight excluding hydrogens is 432 g/mol. The van der Waals surface area contributed by atoms with Gasteiger partial charge in [0.2, 0.25) is 5.91 Å². The summed E-state index contributed by atoms with van der Waals surface area (Å²) in [6.45, 7) is 6.85. The molecule has 0 heterocycles. The number of amides is 1. The molecule has 1 amide bonds. The molecule has 0 aliphatic rings. The van der Waals surface area contributed by atoms with E-state index in [-0.39, 0.29) is 17.2 Å². The minimum absolute atomic E-state index is 0.00143. The summed E-state index contributed by atoms with van der Waals surface area (Å²) in [5.74, 6) is 0.301. The summed E-state index contributed by atoms with van der Waals surface area (Å²) < 4.78 is 44.1. The highest BCUT2D eigenvalue weighted by molar-refractivity contribution is 7.92. The van der Waals surface area contributed by atoms with Gasteiger partial charge in [0.25, 0.3) is 10.0 Å². The molecule has 0 spiro atoms. The van der Waals surface area contributed by atoms with Gasteiger partial charge >= 0.3 is 0 Å². The van der Waals surface area contributed by atoms with Crippen LogP contribution in [0.3, 0.4) is 0 Å². The van der Waals surface area contributed by atoms with E-state index < -0.39 is 15.9 Å². The molecule has 0 aliphatic heterocycles. The summed E-state index contributed by atoms with van der Waals surface area (Å²) in [5, 5.41) is 2.77. The van der Waals surface area contributed by atoms with E-state index in [0.717, 1.165) is 15.4 Å². The van der Waals surface area contributed by atoms with E-state index in [1.54, 1.807) is 12.1 Å². The van der Waals surface area contributed by atoms with E-state index in [0.29, 0.717) is 37.6 Å². The molecule has 8 nitrogen and oxygen atoms in total. The highest BCUT2D eigenvalue weighted by Crippen LogP contribution is 2.32. The predicted octanol–water partition coefficient (Wildman–Crippen LogP) is 3.06. The third-order valence-corrected chi connectivity index (χ3v) is 6.49.